The van der Waals surface area contributed by atoms with Crippen molar-refractivity contribution in [3.8, 4) is 0 Å². The summed E-state index contributed by atoms with van der Waals surface area (Å²) in [6.45, 7) is 7.14. The molecule has 0 spiro atoms. The lowest BCUT2D eigenvalue weighted by Crippen LogP contribution is -2.48. The number of piperidine rings is 1. The minimum atomic E-state index is 0.0305. The van der Waals surface area contributed by atoms with Gasteiger partial charge in [0, 0.05) is 24.8 Å². The number of nitrogens with zero attached hydrogens (tertiary/aromatic N) is 1. The van der Waals surface area contributed by atoms with Crippen LogP contribution in [0.3, 0.4) is 0 Å². The molecule has 2 atom stereocenters. The van der Waals surface area contributed by atoms with Gasteiger partial charge in [0.25, 0.3) is 5.91 Å². The summed E-state index contributed by atoms with van der Waals surface area (Å²) in [5.41, 5.74) is 1.65. The summed E-state index contributed by atoms with van der Waals surface area (Å²) in [5, 5.41) is 6.44. The van der Waals surface area contributed by atoms with E-state index in [2.05, 4.69) is 29.5 Å². The monoisotopic (exact) mass is 275 g/mol. The van der Waals surface area contributed by atoms with Crippen molar-refractivity contribution in [2.24, 2.45) is 5.92 Å². The molecule has 1 aliphatic heterocycles. The predicted octanol–water partition coefficient (Wildman–Crippen LogP) is 2.19. The van der Waals surface area contributed by atoms with Crippen LogP contribution in [0.25, 0.3) is 0 Å². The number of hydrogen-bond donors (Lipinski definition) is 2. The largest absolute Gasteiger partial charge is 0.385 e. The van der Waals surface area contributed by atoms with Gasteiger partial charge in [-0.25, -0.2) is 0 Å². The summed E-state index contributed by atoms with van der Waals surface area (Å²) >= 11 is 0. The van der Waals surface area contributed by atoms with E-state index in [0.717, 1.165) is 37.3 Å². The highest BCUT2D eigenvalue weighted by Gasteiger charge is 2.26. The van der Waals surface area contributed by atoms with Crippen LogP contribution in [0.1, 0.15) is 30.6 Å². The molecule has 0 saturated carbocycles. The van der Waals surface area contributed by atoms with E-state index in [4.69, 9.17) is 0 Å². The Morgan fingerprint density at radius 3 is 2.85 bits per heavy atom. The van der Waals surface area contributed by atoms with Crippen LogP contribution in [0.15, 0.2) is 24.3 Å². The quantitative estimate of drug-likeness (QED) is 0.885. The molecule has 2 unspecified atom stereocenters. The number of carbonyl (C=O) groups excluding carboxylic acids is 1. The third-order valence-electron chi connectivity index (χ3n) is 3.96. The molecule has 4 nitrogen and oxygen atoms in total. The Morgan fingerprint density at radius 1 is 1.40 bits per heavy atom. The molecule has 1 aliphatic rings. The fourth-order valence-electron chi connectivity index (χ4n) is 2.84. The highest BCUT2D eigenvalue weighted by molar-refractivity contribution is 5.99. The number of anilines is 1. The highest BCUT2D eigenvalue weighted by atomic mass is 16.1. The van der Waals surface area contributed by atoms with E-state index in [-0.39, 0.29) is 11.9 Å². The number of carbonyl (C=O) groups is 1. The highest BCUT2D eigenvalue weighted by Crippen LogP contribution is 2.18. The lowest BCUT2D eigenvalue weighted by molar-refractivity contribution is 0.0884. The summed E-state index contributed by atoms with van der Waals surface area (Å²) in [7, 11) is 2.13. The first-order valence-electron chi connectivity index (χ1n) is 7.44. The molecule has 1 saturated heterocycles. The minimum absolute atomic E-state index is 0.0305. The molecule has 1 heterocycles. The van der Waals surface area contributed by atoms with Gasteiger partial charge in [-0.1, -0.05) is 19.1 Å². The summed E-state index contributed by atoms with van der Waals surface area (Å²) < 4.78 is 0. The maximum absolute atomic E-state index is 12.5. The van der Waals surface area contributed by atoms with Gasteiger partial charge in [-0.05, 0) is 45.0 Å². The molecule has 110 valence electrons. The maximum Gasteiger partial charge on any atom is 0.253 e. The Bertz CT molecular complexity index is 461. The van der Waals surface area contributed by atoms with E-state index in [0.29, 0.717) is 5.92 Å². The third-order valence-corrected chi connectivity index (χ3v) is 3.96. The van der Waals surface area contributed by atoms with Gasteiger partial charge >= 0.3 is 0 Å². The Labute approximate surface area is 121 Å². The SMILES string of the molecule is CCNc1ccccc1C(=O)NC1CCN(C)CC1C. The van der Waals surface area contributed by atoms with E-state index in [1.165, 1.54) is 0 Å². The molecule has 1 amide bonds. The van der Waals surface area contributed by atoms with Crippen LogP contribution in [-0.2, 0) is 0 Å². The molecule has 2 N–H and O–H groups in total. The lowest BCUT2D eigenvalue weighted by Gasteiger charge is -2.35. The summed E-state index contributed by atoms with van der Waals surface area (Å²) in [6, 6.07) is 7.97. The van der Waals surface area contributed by atoms with Gasteiger partial charge in [-0.2, -0.15) is 0 Å². The van der Waals surface area contributed by atoms with Gasteiger partial charge in [0.05, 0.1) is 5.56 Å². The average molecular weight is 275 g/mol. The second-order valence-electron chi connectivity index (χ2n) is 5.68. The Kier molecular flexibility index (Phi) is 5.01. The molecule has 20 heavy (non-hydrogen) atoms. The van der Waals surface area contributed by atoms with Crippen molar-refractivity contribution in [1.29, 1.82) is 0 Å². The maximum atomic E-state index is 12.5. The fraction of sp³-hybridized carbons (Fsp3) is 0.562. The predicted molar refractivity (Wildman–Crippen MR) is 83.1 cm³/mol. The fourth-order valence-corrected chi connectivity index (χ4v) is 2.84. The normalized spacial score (nSPS) is 23.4. The summed E-state index contributed by atoms with van der Waals surface area (Å²) in [6.07, 6.45) is 1.02. The van der Waals surface area contributed by atoms with E-state index in [1.807, 2.05) is 31.2 Å². The van der Waals surface area contributed by atoms with Gasteiger partial charge in [-0.3, -0.25) is 4.79 Å². The number of amides is 1. The van der Waals surface area contributed by atoms with Crippen molar-refractivity contribution < 1.29 is 4.79 Å². The van der Waals surface area contributed by atoms with Crippen LogP contribution in [0.4, 0.5) is 5.69 Å². The van der Waals surface area contributed by atoms with Crippen molar-refractivity contribution >= 4 is 11.6 Å². The smallest absolute Gasteiger partial charge is 0.253 e. The second-order valence-corrected chi connectivity index (χ2v) is 5.68. The van der Waals surface area contributed by atoms with E-state index in [1.54, 1.807) is 0 Å². The zero-order valence-corrected chi connectivity index (χ0v) is 12.6. The molecule has 1 fully saturated rings. The molecule has 1 aromatic rings. The van der Waals surface area contributed by atoms with Crippen molar-refractivity contribution in [3.05, 3.63) is 29.8 Å². The summed E-state index contributed by atoms with van der Waals surface area (Å²) in [4.78, 5) is 14.8. The zero-order chi connectivity index (χ0) is 14.5. The number of nitrogens with one attached hydrogen (secondary N) is 2. The van der Waals surface area contributed by atoms with E-state index >= 15 is 0 Å². The van der Waals surface area contributed by atoms with Crippen LogP contribution in [0.5, 0.6) is 0 Å². The van der Waals surface area contributed by atoms with Crippen LogP contribution in [0.2, 0.25) is 0 Å². The molecule has 0 aliphatic carbocycles. The van der Waals surface area contributed by atoms with Crippen LogP contribution < -0.4 is 10.6 Å². The second kappa shape index (κ2) is 6.75. The van der Waals surface area contributed by atoms with Crippen LogP contribution in [0, 0.1) is 5.92 Å². The Hall–Kier alpha value is -1.55. The van der Waals surface area contributed by atoms with Gasteiger partial charge in [0.2, 0.25) is 0 Å². The Morgan fingerprint density at radius 2 is 2.15 bits per heavy atom. The van der Waals surface area contributed by atoms with Gasteiger partial charge in [-0.15, -0.1) is 0 Å². The molecule has 0 aromatic heterocycles. The van der Waals surface area contributed by atoms with Crippen molar-refractivity contribution in [2.75, 3.05) is 32.0 Å². The number of hydrogen-bond acceptors (Lipinski definition) is 3. The minimum Gasteiger partial charge on any atom is -0.385 e. The van der Waals surface area contributed by atoms with Crippen LogP contribution >= 0.6 is 0 Å². The van der Waals surface area contributed by atoms with Gasteiger partial charge in [0.15, 0.2) is 0 Å². The first-order valence-corrected chi connectivity index (χ1v) is 7.44. The molecule has 0 bridgehead atoms. The standard InChI is InChI=1S/C16H25N3O/c1-4-17-15-8-6-5-7-13(15)16(20)18-14-9-10-19(3)11-12(14)2/h5-8,12,14,17H,4,9-11H2,1-3H3,(H,18,20). The van der Waals surface area contributed by atoms with Crippen molar-refractivity contribution in [2.45, 2.75) is 26.3 Å². The summed E-state index contributed by atoms with van der Waals surface area (Å²) in [5.74, 6) is 0.520. The topological polar surface area (TPSA) is 44.4 Å². The zero-order valence-electron chi connectivity index (χ0n) is 12.6. The molecule has 0 radical (unpaired) electrons. The Balaban J connectivity index is 2.05. The molecular formula is C16H25N3O. The number of rotatable bonds is 4. The number of likely N-dealkylation sites (tertiary alicyclic amines) is 1. The molecule has 1 aromatic carbocycles. The molecular weight excluding hydrogens is 250 g/mol. The molecule has 4 heteroatoms. The molecule has 2 rings (SSSR count). The van der Waals surface area contributed by atoms with E-state index < -0.39 is 0 Å². The van der Waals surface area contributed by atoms with Crippen LogP contribution in [-0.4, -0.2) is 43.5 Å². The first kappa shape index (κ1) is 14.9. The lowest BCUT2D eigenvalue weighted by atomic mass is 9.94. The third kappa shape index (κ3) is 3.51. The van der Waals surface area contributed by atoms with Crippen molar-refractivity contribution in [1.82, 2.24) is 10.2 Å². The van der Waals surface area contributed by atoms with E-state index in [9.17, 15) is 4.79 Å². The van der Waals surface area contributed by atoms with Gasteiger partial charge < -0.3 is 15.5 Å². The average Bonchev–Trinajstić information content (AvgIpc) is 2.43. The first-order chi connectivity index (χ1) is 9.61. The number of para-hydroxylation sites is 1. The van der Waals surface area contributed by atoms with Crippen molar-refractivity contribution in [3.63, 3.8) is 0 Å². The van der Waals surface area contributed by atoms with Gasteiger partial charge in [0.1, 0.15) is 0 Å². The number of benzene rings is 1.